The van der Waals surface area contributed by atoms with Crippen LogP contribution < -0.4 is 5.32 Å². The molecule has 0 radical (unpaired) electrons. The van der Waals surface area contributed by atoms with E-state index in [9.17, 15) is 0 Å². The van der Waals surface area contributed by atoms with Gasteiger partial charge in [-0.1, -0.05) is 33.6 Å². The highest BCUT2D eigenvalue weighted by molar-refractivity contribution is 9.10. The van der Waals surface area contributed by atoms with E-state index in [0.29, 0.717) is 19.8 Å². The molecule has 1 aromatic rings. The molecule has 0 aromatic heterocycles. The number of halogens is 2. The maximum atomic E-state index is 6.23. The molecule has 1 atom stereocenters. The number of ether oxygens (including phenoxy) is 2. The first-order valence-electron chi connectivity index (χ1n) is 6.50. The Bertz CT molecular complexity index is 384. The highest BCUT2D eigenvalue weighted by atomic mass is 79.9. The second kappa shape index (κ2) is 8.93. The maximum absolute atomic E-state index is 6.23. The first kappa shape index (κ1) is 16.9. The van der Waals surface area contributed by atoms with E-state index in [1.54, 1.807) is 0 Å². The molecule has 0 aliphatic heterocycles. The predicted molar refractivity (Wildman–Crippen MR) is 82.6 cm³/mol. The van der Waals surface area contributed by atoms with Gasteiger partial charge in [0.15, 0.2) is 6.29 Å². The summed E-state index contributed by atoms with van der Waals surface area (Å²) in [6, 6.07) is 6.05. The van der Waals surface area contributed by atoms with Gasteiger partial charge in [-0.3, -0.25) is 0 Å². The molecule has 0 spiro atoms. The Hall–Kier alpha value is -0.130. The molecule has 1 unspecified atom stereocenters. The zero-order valence-electron chi connectivity index (χ0n) is 11.6. The average Bonchev–Trinajstić information content (AvgIpc) is 2.36. The predicted octanol–water partition coefficient (Wildman–Crippen LogP) is 4.15. The zero-order valence-corrected chi connectivity index (χ0v) is 13.9. The Morgan fingerprint density at radius 2 is 1.89 bits per heavy atom. The van der Waals surface area contributed by atoms with Gasteiger partial charge in [-0.2, -0.15) is 0 Å². The minimum absolute atomic E-state index is 0.143. The zero-order chi connectivity index (χ0) is 14.3. The first-order chi connectivity index (χ1) is 9.08. The summed E-state index contributed by atoms with van der Waals surface area (Å²) in [7, 11) is 0. The highest BCUT2D eigenvalue weighted by Crippen LogP contribution is 2.26. The van der Waals surface area contributed by atoms with Crippen molar-refractivity contribution in [1.29, 1.82) is 0 Å². The molecule has 0 bridgehead atoms. The molecular weight excluding hydrogens is 330 g/mol. The Morgan fingerprint density at radius 1 is 1.26 bits per heavy atom. The van der Waals surface area contributed by atoms with Crippen molar-refractivity contribution in [3.05, 3.63) is 33.3 Å². The molecule has 1 rings (SSSR count). The molecule has 0 saturated heterocycles. The molecular formula is C14H21BrClNO2. The first-order valence-corrected chi connectivity index (χ1v) is 7.67. The maximum Gasteiger partial charge on any atom is 0.169 e. The van der Waals surface area contributed by atoms with E-state index >= 15 is 0 Å². The summed E-state index contributed by atoms with van der Waals surface area (Å²) in [5, 5.41) is 4.13. The van der Waals surface area contributed by atoms with E-state index in [-0.39, 0.29) is 12.3 Å². The Kier molecular flexibility index (Phi) is 7.95. The van der Waals surface area contributed by atoms with Crippen LogP contribution in [0.1, 0.15) is 32.4 Å². The third-order valence-electron chi connectivity index (χ3n) is 2.72. The smallest absolute Gasteiger partial charge is 0.169 e. The van der Waals surface area contributed by atoms with E-state index in [4.69, 9.17) is 21.1 Å². The summed E-state index contributed by atoms with van der Waals surface area (Å²) >= 11 is 9.63. The van der Waals surface area contributed by atoms with Crippen LogP contribution in [0.2, 0.25) is 5.02 Å². The van der Waals surface area contributed by atoms with E-state index < -0.39 is 0 Å². The van der Waals surface area contributed by atoms with Gasteiger partial charge in [0.05, 0.1) is 0 Å². The van der Waals surface area contributed by atoms with Crippen molar-refractivity contribution >= 4 is 27.5 Å². The summed E-state index contributed by atoms with van der Waals surface area (Å²) in [4.78, 5) is 0. The number of nitrogens with one attached hydrogen (secondary N) is 1. The van der Waals surface area contributed by atoms with Crippen molar-refractivity contribution in [3.8, 4) is 0 Å². The second-order valence-electron chi connectivity index (χ2n) is 4.14. The van der Waals surface area contributed by atoms with Crippen molar-refractivity contribution in [1.82, 2.24) is 5.32 Å². The molecule has 3 nitrogen and oxygen atoms in total. The van der Waals surface area contributed by atoms with Gasteiger partial charge in [-0.15, -0.1) is 0 Å². The fourth-order valence-corrected chi connectivity index (χ4v) is 2.61. The van der Waals surface area contributed by atoms with Crippen LogP contribution in [0, 0.1) is 0 Å². The van der Waals surface area contributed by atoms with Gasteiger partial charge in [-0.25, -0.2) is 0 Å². The van der Waals surface area contributed by atoms with Crippen LogP contribution in [0.25, 0.3) is 0 Å². The average molecular weight is 351 g/mol. The fraction of sp³-hybridized carbons (Fsp3) is 0.571. The normalized spacial score (nSPS) is 12.9. The third kappa shape index (κ3) is 5.79. The van der Waals surface area contributed by atoms with E-state index in [1.807, 2.05) is 32.0 Å². The monoisotopic (exact) mass is 349 g/mol. The lowest BCUT2D eigenvalue weighted by Gasteiger charge is -2.21. The number of hydrogen-bond donors (Lipinski definition) is 1. The van der Waals surface area contributed by atoms with Crippen molar-refractivity contribution in [2.75, 3.05) is 19.8 Å². The van der Waals surface area contributed by atoms with E-state index in [2.05, 4.69) is 28.2 Å². The Balaban J connectivity index is 2.55. The number of rotatable bonds is 8. The number of hydrogen-bond acceptors (Lipinski definition) is 3. The summed E-state index contributed by atoms with van der Waals surface area (Å²) < 4.78 is 12.0. The van der Waals surface area contributed by atoms with Gasteiger partial charge in [0.2, 0.25) is 0 Å². The van der Waals surface area contributed by atoms with Crippen molar-refractivity contribution in [2.45, 2.75) is 33.1 Å². The van der Waals surface area contributed by atoms with Crippen molar-refractivity contribution in [2.24, 2.45) is 0 Å². The lowest BCUT2D eigenvalue weighted by molar-refractivity contribution is -0.133. The highest BCUT2D eigenvalue weighted by Gasteiger charge is 2.13. The Morgan fingerprint density at radius 3 is 2.42 bits per heavy atom. The molecule has 1 N–H and O–H groups in total. The van der Waals surface area contributed by atoms with Crippen molar-refractivity contribution < 1.29 is 9.47 Å². The molecule has 0 aliphatic rings. The summed E-state index contributed by atoms with van der Waals surface area (Å²) in [5.74, 6) is 0. The molecule has 0 aliphatic carbocycles. The molecule has 0 saturated carbocycles. The molecule has 19 heavy (non-hydrogen) atoms. The van der Waals surface area contributed by atoms with Gasteiger partial charge in [0, 0.05) is 35.3 Å². The van der Waals surface area contributed by atoms with Crippen LogP contribution in [-0.4, -0.2) is 26.0 Å². The van der Waals surface area contributed by atoms with Crippen LogP contribution in [0.3, 0.4) is 0 Å². The number of benzene rings is 1. The second-order valence-corrected chi connectivity index (χ2v) is 5.46. The van der Waals surface area contributed by atoms with Crippen LogP contribution >= 0.6 is 27.5 Å². The van der Waals surface area contributed by atoms with Crippen LogP contribution in [0.4, 0.5) is 0 Å². The van der Waals surface area contributed by atoms with Gasteiger partial charge in [-0.05, 0) is 38.5 Å². The molecule has 1 aromatic carbocycles. The minimum Gasteiger partial charge on any atom is -0.352 e. The molecule has 0 amide bonds. The van der Waals surface area contributed by atoms with Gasteiger partial charge in [0.1, 0.15) is 0 Å². The minimum atomic E-state index is -0.216. The Labute approximate surface area is 128 Å². The molecule has 5 heteroatoms. The van der Waals surface area contributed by atoms with Crippen LogP contribution in [0.15, 0.2) is 22.7 Å². The van der Waals surface area contributed by atoms with Gasteiger partial charge in [0.25, 0.3) is 0 Å². The molecule has 0 fully saturated rings. The molecule has 108 valence electrons. The molecule has 0 heterocycles. The third-order valence-corrected chi connectivity index (χ3v) is 3.55. The largest absolute Gasteiger partial charge is 0.352 e. The van der Waals surface area contributed by atoms with Crippen LogP contribution in [0.5, 0.6) is 0 Å². The van der Waals surface area contributed by atoms with E-state index in [1.165, 1.54) is 0 Å². The van der Waals surface area contributed by atoms with Gasteiger partial charge >= 0.3 is 0 Å². The summed E-state index contributed by atoms with van der Waals surface area (Å²) in [5.41, 5.74) is 1.07. The summed E-state index contributed by atoms with van der Waals surface area (Å²) in [6.07, 6.45) is -0.216. The topological polar surface area (TPSA) is 30.5 Å². The lowest BCUT2D eigenvalue weighted by atomic mass is 10.1. The standard InChI is InChI=1S/C14H21BrClNO2/c1-4-18-14(19-5-2)9-17-10(3)12-7-6-11(15)8-13(12)16/h6-8,10,14,17H,4-5,9H2,1-3H3. The fourth-order valence-electron chi connectivity index (χ4n) is 1.77. The van der Waals surface area contributed by atoms with Crippen LogP contribution in [-0.2, 0) is 9.47 Å². The lowest BCUT2D eigenvalue weighted by Crippen LogP contribution is -2.33. The van der Waals surface area contributed by atoms with Gasteiger partial charge < -0.3 is 14.8 Å². The summed E-state index contributed by atoms with van der Waals surface area (Å²) in [6.45, 7) is 7.90. The van der Waals surface area contributed by atoms with E-state index in [0.717, 1.165) is 15.1 Å². The SMILES string of the molecule is CCOC(CNC(C)c1ccc(Br)cc1Cl)OCC. The quantitative estimate of drug-likeness (QED) is 0.714. The van der Waals surface area contributed by atoms with Crippen molar-refractivity contribution in [3.63, 3.8) is 0 Å².